The molecule has 4 aromatic heterocycles. The monoisotopic (exact) mass is 625 g/mol. The van der Waals surface area contributed by atoms with Gasteiger partial charge in [-0.15, -0.1) is 0 Å². The van der Waals surface area contributed by atoms with E-state index < -0.39 is 27.5 Å². The number of anilines is 1. The standard InChI is InChI=1S/C30H26F3N5O3S2/c1-17-5-7-22(8-6-17)43(40,41)38-15-24(23-11-19(31)14-34-29(23)38)27-25(32)13-26(33)28(37-27)35-20-3-2-4-21(12-20)36-30(39)18-9-10-42-16-18/h5-11,13-16,20-21H,2-4,12H2,1H3,(H,35,37)(H,36,39)/t20-,21+/m0/s1. The minimum atomic E-state index is -4.21. The highest BCUT2D eigenvalue weighted by molar-refractivity contribution is 7.90. The van der Waals surface area contributed by atoms with Crippen LogP contribution in [0, 0.1) is 24.4 Å². The van der Waals surface area contributed by atoms with Crippen molar-refractivity contribution >= 4 is 44.1 Å². The highest BCUT2D eigenvalue weighted by atomic mass is 32.2. The second kappa shape index (κ2) is 11.5. The molecular formula is C30H26F3N5O3S2. The van der Waals surface area contributed by atoms with Crippen molar-refractivity contribution in [1.29, 1.82) is 0 Å². The molecule has 5 aromatic rings. The average Bonchev–Trinajstić information content (AvgIpc) is 3.64. The molecule has 0 radical (unpaired) electrons. The van der Waals surface area contributed by atoms with Crippen molar-refractivity contribution in [3.63, 3.8) is 0 Å². The summed E-state index contributed by atoms with van der Waals surface area (Å²) in [4.78, 5) is 20.7. The molecule has 2 N–H and O–H groups in total. The molecule has 0 saturated heterocycles. The Kier molecular flexibility index (Phi) is 7.69. The van der Waals surface area contributed by atoms with Crippen LogP contribution in [0.15, 0.2) is 70.5 Å². The molecule has 1 fully saturated rings. The van der Waals surface area contributed by atoms with E-state index in [9.17, 15) is 17.6 Å². The van der Waals surface area contributed by atoms with Gasteiger partial charge in [0.1, 0.15) is 11.5 Å². The topological polar surface area (TPSA) is 106 Å². The number of halogens is 3. The van der Waals surface area contributed by atoms with E-state index in [2.05, 4.69) is 20.6 Å². The third-order valence-electron chi connectivity index (χ3n) is 7.47. The normalized spacial score (nSPS) is 17.2. The summed E-state index contributed by atoms with van der Waals surface area (Å²) in [6.45, 7) is 1.81. The minimum Gasteiger partial charge on any atom is -0.365 e. The number of rotatable bonds is 7. The molecule has 4 heterocycles. The van der Waals surface area contributed by atoms with Crippen molar-refractivity contribution in [3.8, 4) is 11.3 Å². The number of nitrogens with one attached hydrogen (secondary N) is 2. The van der Waals surface area contributed by atoms with Crippen LogP contribution in [-0.4, -0.2) is 40.3 Å². The predicted octanol–water partition coefficient (Wildman–Crippen LogP) is 6.28. The van der Waals surface area contributed by atoms with E-state index in [0.717, 1.165) is 40.8 Å². The number of fused-ring (bicyclic) bond motifs is 1. The molecule has 0 aliphatic heterocycles. The summed E-state index contributed by atoms with van der Waals surface area (Å²) >= 11 is 1.42. The van der Waals surface area contributed by atoms with Crippen molar-refractivity contribution in [1.82, 2.24) is 19.3 Å². The Morgan fingerprint density at radius 3 is 2.56 bits per heavy atom. The van der Waals surface area contributed by atoms with Gasteiger partial charge in [0.15, 0.2) is 23.1 Å². The third-order valence-corrected chi connectivity index (χ3v) is 9.82. The van der Waals surface area contributed by atoms with Crippen molar-refractivity contribution in [3.05, 3.63) is 94.2 Å². The first-order chi connectivity index (χ1) is 20.6. The van der Waals surface area contributed by atoms with Crippen LogP contribution in [0.1, 0.15) is 41.6 Å². The van der Waals surface area contributed by atoms with E-state index in [1.807, 2.05) is 12.3 Å². The summed E-state index contributed by atoms with van der Waals surface area (Å²) in [5.74, 6) is -3.18. The van der Waals surface area contributed by atoms with Crippen LogP contribution < -0.4 is 10.6 Å². The number of benzene rings is 1. The summed E-state index contributed by atoms with van der Waals surface area (Å²) in [5, 5.41) is 9.62. The van der Waals surface area contributed by atoms with E-state index in [-0.39, 0.29) is 51.0 Å². The van der Waals surface area contributed by atoms with Gasteiger partial charge in [-0.1, -0.05) is 17.7 Å². The van der Waals surface area contributed by atoms with E-state index in [1.165, 1.54) is 23.5 Å². The molecule has 8 nitrogen and oxygen atoms in total. The number of hydrogen-bond acceptors (Lipinski definition) is 7. The Balaban J connectivity index is 1.34. The summed E-state index contributed by atoms with van der Waals surface area (Å²) in [7, 11) is -4.21. The van der Waals surface area contributed by atoms with Crippen molar-refractivity contribution < 1.29 is 26.4 Å². The molecule has 6 rings (SSSR count). The van der Waals surface area contributed by atoms with Crippen LogP contribution in [0.25, 0.3) is 22.3 Å². The quantitative estimate of drug-likeness (QED) is 0.221. The van der Waals surface area contributed by atoms with Gasteiger partial charge >= 0.3 is 0 Å². The molecule has 2 atom stereocenters. The van der Waals surface area contributed by atoms with Gasteiger partial charge in [0.25, 0.3) is 15.9 Å². The zero-order valence-corrected chi connectivity index (χ0v) is 24.5. The van der Waals surface area contributed by atoms with Crippen LogP contribution in [0.4, 0.5) is 19.0 Å². The molecule has 1 saturated carbocycles. The van der Waals surface area contributed by atoms with Gasteiger partial charge in [0.05, 0.1) is 11.1 Å². The number of nitrogens with zero attached hydrogens (tertiary/aromatic N) is 3. The summed E-state index contributed by atoms with van der Waals surface area (Å²) in [6.07, 6.45) is 4.67. The van der Waals surface area contributed by atoms with E-state index in [0.29, 0.717) is 24.5 Å². The lowest BCUT2D eigenvalue weighted by Crippen LogP contribution is -2.41. The largest absolute Gasteiger partial charge is 0.365 e. The first-order valence-corrected chi connectivity index (χ1v) is 15.9. The molecule has 43 heavy (non-hydrogen) atoms. The molecule has 1 aromatic carbocycles. The Morgan fingerprint density at radius 2 is 1.81 bits per heavy atom. The summed E-state index contributed by atoms with van der Waals surface area (Å²) in [5.41, 5.74) is 0.864. The maximum atomic E-state index is 15.3. The maximum absolute atomic E-state index is 15.3. The minimum absolute atomic E-state index is 0.00600. The van der Waals surface area contributed by atoms with Crippen molar-refractivity contribution in [2.45, 2.75) is 49.6 Å². The van der Waals surface area contributed by atoms with Gasteiger partial charge in [0, 0.05) is 46.2 Å². The summed E-state index contributed by atoms with van der Waals surface area (Å²) < 4.78 is 72.6. The zero-order chi connectivity index (χ0) is 30.3. The fourth-order valence-corrected chi connectivity index (χ4v) is 7.27. The highest BCUT2D eigenvalue weighted by Crippen LogP contribution is 2.35. The summed E-state index contributed by atoms with van der Waals surface area (Å²) in [6, 6.07) is 9.14. The van der Waals surface area contributed by atoms with Crippen molar-refractivity contribution in [2.24, 2.45) is 0 Å². The molecule has 13 heteroatoms. The van der Waals surface area contributed by atoms with Crippen LogP contribution in [-0.2, 0) is 10.0 Å². The number of thiophene rings is 1. The fraction of sp³-hybridized carbons (Fsp3) is 0.233. The Hall–Kier alpha value is -4.23. The Bertz CT molecular complexity index is 1930. The van der Waals surface area contributed by atoms with Gasteiger partial charge in [-0.05, 0) is 62.3 Å². The van der Waals surface area contributed by atoms with Gasteiger partial charge in [0.2, 0.25) is 0 Å². The first-order valence-electron chi connectivity index (χ1n) is 13.5. The molecule has 0 unspecified atom stereocenters. The number of amides is 1. The highest BCUT2D eigenvalue weighted by Gasteiger charge is 2.28. The molecule has 0 spiro atoms. The fourth-order valence-electron chi connectivity index (χ4n) is 5.31. The zero-order valence-electron chi connectivity index (χ0n) is 22.9. The second-order valence-corrected chi connectivity index (χ2v) is 13.1. The van der Waals surface area contributed by atoms with Crippen LogP contribution in [0.2, 0.25) is 0 Å². The van der Waals surface area contributed by atoms with Crippen LogP contribution in [0.3, 0.4) is 0 Å². The lowest BCUT2D eigenvalue weighted by molar-refractivity contribution is 0.0927. The molecule has 1 aliphatic rings. The second-order valence-electron chi connectivity index (χ2n) is 10.5. The number of aromatic nitrogens is 3. The van der Waals surface area contributed by atoms with Crippen LogP contribution in [0.5, 0.6) is 0 Å². The maximum Gasteiger partial charge on any atom is 0.269 e. The van der Waals surface area contributed by atoms with E-state index >= 15 is 8.78 Å². The lowest BCUT2D eigenvalue weighted by Gasteiger charge is -2.30. The number of carbonyl (C=O) groups is 1. The van der Waals surface area contributed by atoms with E-state index in [4.69, 9.17) is 0 Å². The number of hydrogen-bond donors (Lipinski definition) is 2. The van der Waals surface area contributed by atoms with Gasteiger partial charge < -0.3 is 10.6 Å². The molecule has 1 amide bonds. The molecule has 0 bridgehead atoms. The van der Waals surface area contributed by atoms with Crippen LogP contribution >= 0.6 is 11.3 Å². The first kappa shape index (κ1) is 28.9. The smallest absolute Gasteiger partial charge is 0.269 e. The average molecular weight is 626 g/mol. The van der Waals surface area contributed by atoms with Gasteiger partial charge in [-0.25, -0.2) is 35.5 Å². The third kappa shape index (κ3) is 5.74. The number of pyridine rings is 2. The number of aryl methyl sites for hydroxylation is 1. The molecule has 1 aliphatic carbocycles. The van der Waals surface area contributed by atoms with E-state index in [1.54, 1.807) is 23.6 Å². The van der Waals surface area contributed by atoms with Gasteiger partial charge in [-0.3, -0.25) is 4.79 Å². The Morgan fingerprint density at radius 1 is 1.05 bits per heavy atom. The lowest BCUT2D eigenvalue weighted by atomic mass is 9.90. The SMILES string of the molecule is Cc1ccc(S(=O)(=O)n2cc(-c3nc(N[C@H]4CCC[C@@H](NC(=O)c5ccsc5)C4)c(F)cc3F)c3cc(F)cnc32)cc1. The van der Waals surface area contributed by atoms with Crippen molar-refractivity contribution in [2.75, 3.05) is 5.32 Å². The van der Waals surface area contributed by atoms with Gasteiger partial charge in [-0.2, -0.15) is 11.3 Å². The number of carbonyl (C=O) groups excluding carboxylic acids is 1. The Labute approximate surface area is 249 Å². The molecule has 222 valence electrons. The predicted molar refractivity (Wildman–Crippen MR) is 158 cm³/mol. The molecular weight excluding hydrogens is 599 g/mol.